The molecule has 0 bridgehead atoms. The average molecular weight is 646 g/mol. The molecule has 0 saturated carbocycles. The van der Waals surface area contributed by atoms with Crippen LogP contribution in [0.3, 0.4) is 0 Å². The van der Waals surface area contributed by atoms with Crippen LogP contribution in [0.25, 0.3) is 10.9 Å². The lowest BCUT2D eigenvalue weighted by Crippen LogP contribution is -2.53. The molecule has 2 aliphatic heterocycles. The standard InChI is InChI=1S/C26H32IN9O3/c1-14-15(2)36(10-11-39-3)18-5-4-16(12-17(14)18)24(38)35-8-6-26(7-9-35)13-30-25(34-26)33-23(37)19-21(28)32-22(29)20(27)31-19/h4-5,12H,6-11,13H2,1-3H3,(H4,28,29,32)(H2,30,33,34,37). The number of likely N-dealkylation sites (tertiary alicyclic amines) is 1. The van der Waals surface area contributed by atoms with Gasteiger partial charge >= 0.3 is 5.91 Å². The Morgan fingerprint density at radius 1 is 1.18 bits per heavy atom. The van der Waals surface area contributed by atoms with Crippen molar-refractivity contribution >= 4 is 62.9 Å². The smallest absolute Gasteiger partial charge is 0.302 e. The number of nitrogens with one attached hydrogen (secondary N) is 2. The first-order valence-corrected chi connectivity index (χ1v) is 13.8. The molecule has 0 radical (unpaired) electrons. The van der Waals surface area contributed by atoms with Gasteiger partial charge in [0.25, 0.3) is 5.91 Å². The summed E-state index contributed by atoms with van der Waals surface area (Å²) in [5, 5.41) is 7.63. The summed E-state index contributed by atoms with van der Waals surface area (Å²) in [5.74, 6) is -0.107. The molecule has 3 aromatic rings. The van der Waals surface area contributed by atoms with Gasteiger partial charge in [-0.2, -0.15) is 4.99 Å². The van der Waals surface area contributed by atoms with Crippen LogP contribution in [-0.2, 0) is 11.3 Å². The minimum atomic E-state index is -0.602. The van der Waals surface area contributed by atoms with Crippen LogP contribution in [0.5, 0.6) is 0 Å². The Morgan fingerprint density at radius 3 is 2.64 bits per heavy atom. The summed E-state index contributed by atoms with van der Waals surface area (Å²) in [5.41, 5.74) is 15.4. The van der Waals surface area contributed by atoms with Gasteiger partial charge in [0.1, 0.15) is 3.70 Å². The largest absolute Gasteiger partial charge is 0.383 e. The topological polar surface area (TPSA) is 166 Å². The molecular weight excluding hydrogens is 613 g/mol. The Morgan fingerprint density at radius 2 is 1.92 bits per heavy atom. The summed E-state index contributed by atoms with van der Waals surface area (Å²) >= 11 is 1.89. The van der Waals surface area contributed by atoms with Crippen LogP contribution < -0.4 is 22.1 Å². The van der Waals surface area contributed by atoms with Crippen molar-refractivity contribution in [3.63, 3.8) is 0 Å². The number of halogens is 1. The molecule has 5 rings (SSSR count). The lowest BCUT2D eigenvalue weighted by molar-refractivity contribution is 0.0669. The van der Waals surface area contributed by atoms with Crippen molar-refractivity contribution in [2.24, 2.45) is 4.99 Å². The number of nitrogens with two attached hydrogens (primary N) is 2. The number of aromatic nitrogens is 3. The number of piperidine rings is 1. The van der Waals surface area contributed by atoms with Crippen molar-refractivity contribution < 1.29 is 14.3 Å². The molecule has 12 nitrogen and oxygen atoms in total. The number of benzene rings is 1. The number of methoxy groups -OCH3 is 1. The first-order valence-electron chi connectivity index (χ1n) is 12.7. The predicted molar refractivity (Wildman–Crippen MR) is 158 cm³/mol. The number of ether oxygens (including phenoxy) is 1. The number of guanidine groups is 1. The molecule has 0 atom stereocenters. The maximum absolute atomic E-state index is 13.4. The third-order valence-electron chi connectivity index (χ3n) is 7.71. The highest BCUT2D eigenvalue weighted by atomic mass is 127. The highest BCUT2D eigenvalue weighted by Gasteiger charge is 2.41. The second-order valence-corrected chi connectivity index (χ2v) is 11.1. The molecule has 206 valence electrons. The molecule has 4 heterocycles. The highest BCUT2D eigenvalue weighted by molar-refractivity contribution is 14.1. The Hall–Kier alpha value is -3.46. The number of anilines is 2. The monoisotopic (exact) mass is 645 g/mol. The predicted octanol–water partition coefficient (Wildman–Crippen LogP) is 1.83. The van der Waals surface area contributed by atoms with Gasteiger partial charge in [0.05, 0.1) is 12.1 Å². The van der Waals surface area contributed by atoms with Crippen LogP contribution in [0.1, 0.15) is 44.9 Å². The van der Waals surface area contributed by atoms with Crippen LogP contribution >= 0.6 is 22.6 Å². The third kappa shape index (κ3) is 5.12. The van der Waals surface area contributed by atoms with Crippen molar-refractivity contribution in [3.05, 3.63) is 44.4 Å². The van der Waals surface area contributed by atoms with Gasteiger partial charge in [-0.15, -0.1) is 0 Å². The van der Waals surface area contributed by atoms with Crippen molar-refractivity contribution in [1.82, 2.24) is 30.1 Å². The van der Waals surface area contributed by atoms with Crippen LogP contribution in [0, 0.1) is 17.5 Å². The third-order valence-corrected chi connectivity index (χ3v) is 8.51. The van der Waals surface area contributed by atoms with E-state index >= 15 is 0 Å². The quantitative estimate of drug-likeness (QED) is 0.303. The molecule has 0 aliphatic carbocycles. The van der Waals surface area contributed by atoms with Gasteiger partial charge in [-0.3, -0.25) is 9.59 Å². The summed E-state index contributed by atoms with van der Waals surface area (Å²) in [4.78, 5) is 40.2. The molecule has 2 aliphatic rings. The summed E-state index contributed by atoms with van der Waals surface area (Å²) < 4.78 is 7.90. The van der Waals surface area contributed by atoms with Gasteiger partial charge in [-0.25, -0.2) is 9.97 Å². The maximum atomic E-state index is 13.4. The Balaban J connectivity index is 1.25. The van der Waals surface area contributed by atoms with Gasteiger partial charge in [0.2, 0.25) is 0 Å². The first kappa shape index (κ1) is 27.1. The number of hydrogen-bond donors (Lipinski definition) is 4. The molecule has 13 heteroatoms. The number of rotatable bonds is 5. The van der Waals surface area contributed by atoms with E-state index < -0.39 is 5.91 Å². The molecule has 2 amide bonds. The van der Waals surface area contributed by atoms with E-state index in [2.05, 4.69) is 44.0 Å². The fourth-order valence-corrected chi connectivity index (χ4v) is 5.65. The Bertz CT molecular complexity index is 1490. The summed E-state index contributed by atoms with van der Waals surface area (Å²) in [6, 6.07) is 5.95. The zero-order valence-electron chi connectivity index (χ0n) is 22.2. The molecule has 2 saturated heterocycles. The van der Waals surface area contributed by atoms with Gasteiger partial charge < -0.3 is 36.3 Å². The highest BCUT2D eigenvalue weighted by Crippen LogP contribution is 2.29. The van der Waals surface area contributed by atoms with E-state index in [0.717, 1.165) is 17.4 Å². The molecule has 1 spiro atoms. The normalized spacial score (nSPS) is 17.5. The van der Waals surface area contributed by atoms with Crippen molar-refractivity contribution in [2.75, 3.05) is 44.8 Å². The zero-order chi connectivity index (χ0) is 27.9. The number of amides is 2. The minimum Gasteiger partial charge on any atom is -0.383 e. The number of nitrogens with zero attached hydrogens (tertiary/aromatic N) is 5. The lowest BCUT2D eigenvalue weighted by Gasteiger charge is -2.38. The fraction of sp³-hybridized carbons (Fsp3) is 0.423. The molecule has 0 unspecified atom stereocenters. The number of carbonyl (C=O) groups excluding carboxylic acids is 2. The number of aliphatic imine (C=N–C) groups is 1. The second-order valence-electron chi connectivity index (χ2n) is 10.0. The number of hydrogen-bond acceptors (Lipinski definition) is 7. The maximum Gasteiger partial charge on any atom is 0.302 e. The molecule has 2 aromatic heterocycles. The van der Waals surface area contributed by atoms with Crippen LogP contribution in [0.2, 0.25) is 0 Å². The molecule has 6 N–H and O–H groups in total. The lowest BCUT2D eigenvalue weighted by atomic mass is 9.88. The van der Waals surface area contributed by atoms with Gasteiger partial charge in [0.15, 0.2) is 23.3 Å². The first-order chi connectivity index (χ1) is 18.6. The van der Waals surface area contributed by atoms with Crippen LogP contribution in [-0.4, -0.2) is 76.1 Å². The fourth-order valence-electron chi connectivity index (χ4n) is 5.29. The number of fused-ring (bicyclic) bond motifs is 1. The molecule has 1 aromatic carbocycles. The van der Waals surface area contributed by atoms with E-state index in [9.17, 15) is 9.59 Å². The van der Waals surface area contributed by atoms with E-state index in [1.54, 1.807) is 7.11 Å². The minimum absolute atomic E-state index is 0.0236. The summed E-state index contributed by atoms with van der Waals surface area (Å²) in [7, 11) is 1.70. The van der Waals surface area contributed by atoms with E-state index in [-0.39, 0.29) is 28.8 Å². The number of nitrogen functional groups attached to an aromatic ring is 2. The van der Waals surface area contributed by atoms with Gasteiger partial charge in [0, 0.05) is 55.4 Å². The van der Waals surface area contributed by atoms with Crippen molar-refractivity contribution in [2.45, 2.75) is 38.8 Å². The van der Waals surface area contributed by atoms with Crippen LogP contribution in [0.4, 0.5) is 11.6 Å². The number of carbonyl (C=O) groups is 2. The molecular formula is C26H32IN9O3. The Labute approximate surface area is 239 Å². The van der Waals surface area contributed by atoms with E-state index in [4.69, 9.17) is 16.2 Å². The SMILES string of the molecule is COCCn1c(C)c(C)c2cc(C(=O)N3CCC4(CC3)CN/C(=N\C(=O)c3nc(I)c(N)nc3N)N4)ccc21. The van der Waals surface area contributed by atoms with Gasteiger partial charge in [-0.1, -0.05) is 0 Å². The van der Waals surface area contributed by atoms with E-state index in [1.807, 2.05) is 45.7 Å². The van der Waals surface area contributed by atoms with E-state index in [0.29, 0.717) is 54.3 Å². The van der Waals surface area contributed by atoms with Crippen molar-refractivity contribution in [3.8, 4) is 0 Å². The van der Waals surface area contributed by atoms with Gasteiger partial charge in [-0.05, 0) is 73.0 Å². The number of aryl methyl sites for hydroxylation is 1. The summed E-state index contributed by atoms with van der Waals surface area (Å²) in [6.45, 7) is 7.38. The second kappa shape index (κ2) is 10.6. The Kier molecular flexibility index (Phi) is 7.37. The molecule has 2 fully saturated rings. The average Bonchev–Trinajstić information content (AvgIpc) is 3.42. The van der Waals surface area contributed by atoms with E-state index in [1.165, 1.54) is 11.3 Å². The van der Waals surface area contributed by atoms with Crippen molar-refractivity contribution in [1.29, 1.82) is 0 Å². The van der Waals surface area contributed by atoms with Crippen LogP contribution in [0.15, 0.2) is 23.2 Å². The zero-order valence-corrected chi connectivity index (χ0v) is 24.3. The summed E-state index contributed by atoms with van der Waals surface area (Å²) in [6.07, 6.45) is 1.43. The molecule has 39 heavy (non-hydrogen) atoms.